The molecule has 0 aliphatic heterocycles. The minimum atomic E-state index is 0.906. The first-order valence-electron chi connectivity index (χ1n) is 13.6. The molecule has 2 heteroatoms. The molecule has 0 radical (unpaired) electrons. The second-order valence-electron chi connectivity index (χ2n) is 11.1. The maximum atomic E-state index is 2.48. The second-order valence-corrected chi connectivity index (χ2v) is 13.4. The van der Waals surface area contributed by atoms with Crippen molar-refractivity contribution in [2.75, 3.05) is 0 Å². The average molecular weight is 483 g/mol. The molecule has 0 atom stereocenters. The molecule has 2 aromatic heterocycles. The Hall–Kier alpha value is -1.90. The monoisotopic (exact) mass is 482 g/mol. The summed E-state index contributed by atoms with van der Waals surface area (Å²) in [7, 11) is 0. The molecule has 2 saturated carbocycles. The van der Waals surface area contributed by atoms with Crippen molar-refractivity contribution in [2.24, 2.45) is 11.8 Å². The lowest BCUT2D eigenvalue weighted by Crippen LogP contribution is -2.08. The number of fused-ring (bicyclic) bond motifs is 6. The molecule has 0 saturated heterocycles. The fraction of sp³-hybridized carbons (Fsp3) is 0.438. The van der Waals surface area contributed by atoms with Crippen LogP contribution in [0.2, 0.25) is 0 Å². The van der Waals surface area contributed by atoms with E-state index < -0.39 is 0 Å². The van der Waals surface area contributed by atoms with E-state index in [0.717, 1.165) is 11.8 Å². The third-order valence-electron chi connectivity index (χ3n) is 8.65. The molecule has 0 unspecified atom stereocenters. The summed E-state index contributed by atoms with van der Waals surface area (Å²) in [6, 6.07) is 19.4. The lowest BCUT2D eigenvalue weighted by molar-refractivity contribution is 0.358. The van der Waals surface area contributed by atoms with Gasteiger partial charge < -0.3 is 0 Å². The quantitative estimate of drug-likeness (QED) is 0.223. The Morgan fingerprint density at radius 3 is 1.35 bits per heavy atom. The van der Waals surface area contributed by atoms with Crippen LogP contribution in [0.3, 0.4) is 0 Å². The fourth-order valence-electron chi connectivity index (χ4n) is 6.80. The zero-order valence-corrected chi connectivity index (χ0v) is 21.7. The van der Waals surface area contributed by atoms with Gasteiger partial charge in [-0.25, -0.2) is 0 Å². The van der Waals surface area contributed by atoms with Crippen molar-refractivity contribution in [3.05, 3.63) is 58.3 Å². The second kappa shape index (κ2) is 8.95. The molecule has 2 aliphatic carbocycles. The summed E-state index contributed by atoms with van der Waals surface area (Å²) in [6.45, 7) is 0. The Morgan fingerprint density at radius 2 is 0.912 bits per heavy atom. The van der Waals surface area contributed by atoms with Gasteiger partial charge in [-0.15, -0.1) is 22.7 Å². The van der Waals surface area contributed by atoms with Gasteiger partial charge in [0.15, 0.2) is 0 Å². The molecule has 0 amide bonds. The van der Waals surface area contributed by atoms with Gasteiger partial charge in [0, 0.05) is 29.9 Å². The molecule has 0 nitrogen and oxygen atoms in total. The Balaban J connectivity index is 1.27. The molecular weight excluding hydrogens is 448 g/mol. The van der Waals surface area contributed by atoms with Crippen molar-refractivity contribution in [3.63, 3.8) is 0 Å². The van der Waals surface area contributed by atoms with E-state index in [1.54, 1.807) is 9.75 Å². The highest BCUT2D eigenvalue weighted by atomic mass is 32.1. The normalized spacial score (nSPS) is 18.6. The van der Waals surface area contributed by atoms with Gasteiger partial charge in [0.25, 0.3) is 0 Å². The van der Waals surface area contributed by atoms with E-state index in [-0.39, 0.29) is 0 Å². The van der Waals surface area contributed by atoms with Crippen LogP contribution < -0.4 is 0 Å². The van der Waals surface area contributed by atoms with Gasteiger partial charge in [-0.2, -0.15) is 0 Å². The highest BCUT2D eigenvalue weighted by molar-refractivity contribution is 7.20. The SMILES string of the molecule is c1cc2cc(CC3CCCCC3)sc2c2cc3ccc4cc(CC5CCCCC5)sc4c3cc12. The van der Waals surface area contributed by atoms with E-state index >= 15 is 0 Å². The van der Waals surface area contributed by atoms with Gasteiger partial charge in [0.1, 0.15) is 0 Å². The van der Waals surface area contributed by atoms with Crippen LogP contribution in [0.25, 0.3) is 41.7 Å². The minimum absolute atomic E-state index is 0.906. The molecule has 0 spiro atoms. The zero-order valence-electron chi connectivity index (χ0n) is 20.1. The first-order chi connectivity index (χ1) is 16.8. The van der Waals surface area contributed by atoms with E-state index in [9.17, 15) is 0 Å². The Labute approximate surface area is 211 Å². The number of hydrogen-bond acceptors (Lipinski definition) is 2. The summed E-state index contributed by atoms with van der Waals surface area (Å²) in [5, 5.41) is 8.58. The van der Waals surface area contributed by atoms with Crippen LogP contribution in [-0.2, 0) is 12.8 Å². The summed E-state index contributed by atoms with van der Waals surface area (Å²) in [5.41, 5.74) is 0. The van der Waals surface area contributed by atoms with Gasteiger partial charge in [-0.05, 0) is 70.5 Å². The van der Waals surface area contributed by atoms with E-state index in [0.29, 0.717) is 0 Å². The van der Waals surface area contributed by atoms with Crippen molar-refractivity contribution >= 4 is 64.4 Å². The topological polar surface area (TPSA) is 0 Å². The van der Waals surface area contributed by atoms with Gasteiger partial charge in [0.2, 0.25) is 0 Å². The van der Waals surface area contributed by atoms with Gasteiger partial charge in [-0.3, -0.25) is 0 Å². The first kappa shape index (κ1) is 21.4. The Morgan fingerprint density at radius 1 is 0.500 bits per heavy atom. The predicted molar refractivity (Wildman–Crippen MR) is 153 cm³/mol. The van der Waals surface area contributed by atoms with Gasteiger partial charge in [-0.1, -0.05) is 88.5 Å². The summed E-state index contributed by atoms with van der Waals surface area (Å²) >= 11 is 4.12. The molecule has 5 aromatic rings. The average Bonchev–Trinajstić information content (AvgIpc) is 3.48. The molecule has 7 rings (SSSR count). The molecule has 34 heavy (non-hydrogen) atoms. The van der Waals surface area contributed by atoms with Crippen LogP contribution in [0.1, 0.15) is 74.0 Å². The van der Waals surface area contributed by atoms with Gasteiger partial charge in [0.05, 0.1) is 0 Å². The maximum absolute atomic E-state index is 2.48. The van der Waals surface area contributed by atoms with E-state index in [4.69, 9.17) is 0 Å². The van der Waals surface area contributed by atoms with Crippen LogP contribution in [-0.4, -0.2) is 0 Å². The van der Waals surface area contributed by atoms with Gasteiger partial charge >= 0.3 is 0 Å². The van der Waals surface area contributed by atoms with Crippen LogP contribution in [0.15, 0.2) is 48.5 Å². The third kappa shape index (κ3) is 3.97. The van der Waals surface area contributed by atoms with E-state index in [1.165, 1.54) is 119 Å². The summed E-state index contributed by atoms with van der Waals surface area (Å²) in [5.74, 6) is 1.81. The summed E-state index contributed by atoms with van der Waals surface area (Å²) in [4.78, 5) is 3.19. The Kier molecular flexibility index (Phi) is 5.63. The molecule has 0 N–H and O–H groups in total. The van der Waals surface area contributed by atoms with Crippen LogP contribution >= 0.6 is 22.7 Å². The molecule has 2 fully saturated rings. The smallest absolute Gasteiger partial charge is 0.0424 e. The number of hydrogen-bond donors (Lipinski definition) is 0. The van der Waals surface area contributed by atoms with Crippen molar-refractivity contribution in [3.8, 4) is 0 Å². The van der Waals surface area contributed by atoms with Crippen molar-refractivity contribution in [1.82, 2.24) is 0 Å². The van der Waals surface area contributed by atoms with Crippen LogP contribution in [0.4, 0.5) is 0 Å². The van der Waals surface area contributed by atoms with Crippen molar-refractivity contribution in [2.45, 2.75) is 77.0 Å². The maximum Gasteiger partial charge on any atom is 0.0424 e. The summed E-state index contributed by atoms with van der Waals surface area (Å²) in [6.07, 6.45) is 16.9. The van der Waals surface area contributed by atoms with Crippen LogP contribution in [0, 0.1) is 11.8 Å². The number of thiophene rings is 2. The zero-order chi connectivity index (χ0) is 22.5. The fourth-order valence-corrected chi connectivity index (χ4v) is 9.40. The lowest BCUT2D eigenvalue weighted by Gasteiger charge is -2.20. The van der Waals surface area contributed by atoms with Crippen molar-refractivity contribution in [1.29, 1.82) is 0 Å². The number of benzene rings is 3. The first-order valence-corrected chi connectivity index (χ1v) is 15.2. The molecule has 0 bridgehead atoms. The van der Waals surface area contributed by atoms with Crippen molar-refractivity contribution < 1.29 is 0 Å². The highest BCUT2D eigenvalue weighted by Crippen LogP contribution is 2.41. The van der Waals surface area contributed by atoms with E-state index in [1.807, 2.05) is 0 Å². The molecule has 2 aliphatic rings. The molecule has 2 heterocycles. The summed E-state index contributed by atoms with van der Waals surface area (Å²) < 4.78 is 2.99. The lowest BCUT2D eigenvalue weighted by atomic mass is 9.86. The molecular formula is C32H34S2. The molecule has 3 aromatic carbocycles. The van der Waals surface area contributed by atoms with Crippen LogP contribution in [0.5, 0.6) is 0 Å². The minimum Gasteiger partial charge on any atom is -0.140 e. The van der Waals surface area contributed by atoms with E-state index in [2.05, 4.69) is 71.2 Å². The predicted octanol–water partition coefficient (Wildman–Crippen LogP) is 10.7. The standard InChI is InChI=1S/C32H34S2/c1-3-7-21(8-4-1)15-27-17-25-13-11-23-20-30-24(19-29(23)31(25)33-27)12-14-26-18-28(34-32(26)30)16-22-9-5-2-6-10-22/h11-14,17-22H,1-10,15-16H2. The number of rotatable bonds is 4. The Bertz CT molecular complexity index is 1360. The third-order valence-corrected chi connectivity index (χ3v) is 11.1. The highest BCUT2D eigenvalue weighted by Gasteiger charge is 2.18. The largest absolute Gasteiger partial charge is 0.140 e. The molecule has 174 valence electrons.